The molecule has 21 heavy (non-hydrogen) atoms. The Kier molecular flexibility index (Phi) is 6.33. The van der Waals surface area contributed by atoms with Crippen LogP contribution in [0.2, 0.25) is 0 Å². The first-order valence-electron chi connectivity index (χ1n) is 7.02. The molecular weight excluding hydrogens is 270 g/mol. The third-order valence-electron chi connectivity index (χ3n) is 3.21. The summed E-state index contributed by atoms with van der Waals surface area (Å²) in [5, 5.41) is 8.24. The molecule has 0 radical (unpaired) electrons. The monoisotopic (exact) mass is 292 g/mol. The topological polar surface area (TPSA) is 61.8 Å². The maximum Gasteiger partial charge on any atom is 0.271 e. The van der Waals surface area contributed by atoms with E-state index in [0.717, 1.165) is 18.7 Å². The van der Waals surface area contributed by atoms with Gasteiger partial charge in [-0.2, -0.15) is 0 Å². The average Bonchev–Trinajstić information content (AvgIpc) is 2.99. The maximum absolute atomic E-state index is 5.74. The predicted molar refractivity (Wildman–Crippen MR) is 77.9 cm³/mol. The highest BCUT2D eigenvalue weighted by Gasteiger charge is 2.15. The zero-order chi connectivity index (χ0) is 14.9. The molecule has 0 aliphatic carbocycles. The summed E-state index contributed by atoms with van der Waals surface area (Å²) in [7, 11) is 3.41. The largest absolute Gasteiger partial charge is 0.415 e. The van der Waals surface area contributed by atoms with Gasteiger partial charge in [0.2, 0.25) is 5.89 Å². The number of rotatable bonds is 9. The van der Waals surface area contributed by atoms with E-state index >= 15 is 0 Å². The Bertz CT molecular complexity index is 508. The number of benzene rings is 1. The van der Waals surface area contributed by atoms with E-state index in [1.807, 2.05) is 30.3 Å². The van der Waals surface area contributed by atoms with Crippen LogP contribution in [0.1, 0.15) is 5.89 Å². The molecule has 114 valence electrons. The quantitative estimate of drug-likeness (QED) is 0.725. The maximum atomic E-state index is 5.74. The molecule has 0 aliphatic heterocycles. The number of nitrogens with one attached hydrogen (secondary N) is 1. The molecule has 1 heterocycles. The number of methoxy groups -OCH3 is 2. The van der Waals surface area contributed by atoms with Gasteiger partial charge in [0.05, 0.1) is 13.2 Å². The summed E-state index contributed by atoms with van der Waals surface area (Å²) in [4.78, 5) is 1.29. The van der Waals surface area contributed by atoms with E-state index in [0.29, 0.717) is 31.5 Å². The lowest BCUT2D eigenvalue weighted by Gasteiger charge is -2.16. The van der Waals surface area contributed by atoms with Gasteiger partial charge >= 0.3 is 0 Å². The van der Waals surface area contributed by atoms with Crippen molar-refractivity contribution in [2.24, 2.45) is 0 Å². The zero-order valence-electron chi connectivity index (χ0n) is 12.5. The van der Waals surface area contributed by atoms with Crippen LogP contribution in [-0.4, -0.2) is 50.7 Å². The van der Waals surface area contributed by atoms with Crippen LogP contribution in [0.4, 0.5) is 0 Å². The smallest absolute Gasteiger partial charge is 0.271 e. The third kappa shape index (κ3) is 4.93. The fourth-order valence-corrected chi connectivity index (χ4v) is 2.03. The molecule has 6 nitrogen and oxygen atoms in total. The van der Waals surface area contributed by atoms with Crippen molar-refractivity contribution in [2.45, 2.75) is 6.54 Å². The van der Waals surface area contributed by atoms with Gasteiger partial charge in [0.15, 0.2) is 6.54 Å². The van der Waals surface area contributed by atoms with Gasteiger partial charge in [0.25, 0.3) is 5.89 Å². The Balaban J connectivity index is 1.98. The molecular formula is C15H22N3O3+. The van der Waals surface area contributed by atoms with Gasteiger partial charge < -0.3 is 18.8 Å². The second kappa shape index (κ2) is 8.51. The molecule has 1 N–H and O–H groups in total. The van der Waals surface area contributed by atoms with Gasteiger partial charge in [-0.3, -0.25) is 0 Å². The number of nitrogens with zero attached hydrogens (tertiary/aromatic N) is 2. The van der Waals surface area contributed by atoms with Gasteiger partial charge in [0.1, 0.15) is 13.1 Å². The van der Waals surface area contributed by atoms with Crippen molar-refractivity contribution in [3.05, 3.63) is 36.2 Å². The molecule has 0 bridgehead atoms. The Hall–Kier alpha value is -1.76. The van der Waals surface area contributed by atoms with Gasteiger partial charge in [-0.25, -0.2) is 0 Å². The number of aromatic nitrogens is 2. The van der Waals surface area contributed by atoms with Crippen LogP contribution in [-0.2, 0) is 16.0 Å². The first-order valence-corrected chi connectivity index (χ1v) is 7.02. The lowest BCUT2D eigenvalue weighted by Crippen LogP contribution is -3.11. The lowest BCUT2D eigenvalue weighted by molar-refractivity contribution is -0.915. The Labute approximate surface area is 124 Å². The van der Waals surface area contributed by atoms with Crippen LogP contribution in [0.3, 0.4) is 0 Å². The molecule has 0 fully saturated rings. The van der Waals surface area contributed by atoms with E-state index in [9.17, 15) is 0 Å². The summed E-state index contributed by atoms with van der Waals surface area (Å²) >= 11 is 0. The molecule has 6 heteroatoms. The molecule has 0 saturated heterocycles. The lowest BCUT2D eigenvalue weighted by atomic mass is 10.2. The van der Waals surface area contributed by atoms with Crippen molar-refractivity contribution in [1.82, 2.24) is 10.2 Å². The van der Waals surface area contributed by atoms with Crippen LogP contribution in [0.25, 0.3) is 11.5 Å². The number of quaternary nitrogens is 1. The fourth-order valence-electron chi connectivity index (χ4n) is 2.03. The standard InChI is InChI=1S/C15H21N3O3/c1-19-10-8-18(9-11-20-2)12-14-16-17-15(21-14)13-6-4-3-5-7-13/h3-7H,8-12H2,1-2H3/p+1. The minimum Gasteiger partial charge on any atom is -0.415 e. The van der Waals surface area contributed by atoms with Gasteiger partial charge in [0, 0.05) is 19.8 Å². The molecule has 0 aliphatic rings. The molecule has 1 aromatic heterocycles. The second-order valence-corrected chi connectivity index (χ2v) is 4.78. The predicted octanol–water partition coefficient (Wildman–Crippen LogP) is 0.414. The second-order valence-electron chi connectivity index (χ2n) is 4.78. The minimum atomic E-state index is 0.559. The number of ether oxygens (including phenoxy) is 2. The highest BCUT2D eigenvalue weighted by Crippen LogP contribution is 2.16. The zero-order valence-corrected chi connectivity index (χ0v) is 12.5. The summed E-state index contributed by atoms with van der Waals surface area (Å²) < 4.78 is 16.0. The van der Waals surface area contributed by atoms with Gasteiger partial charge in [-0.1, -0.05) is 18.2 Å². The van der Waals surface area contributed by atoms with Crippen LogP contribution in [0.15, 0.2) is 34.7 Å². The average molecular weight is 292 g/mol. The highest BCUT2D eigenvalue weighted by molar-refractivity contribution is 5.51. The molecule has 0 spiro atoms. The Morgan fingerprint density at radius 1 is 1.00 bits per heavy atom. The molecule has 0 amide bonds. The van der Waals surface area contributed by atoms with Crippen molar-refractivity contribution >= 4 is 0 Å². The molecule has 0 saturated carbocycles. The van der Waals surface area contributed by atoms with E-state index in [-0.39, 0.29) is 0 Å². The third-order valence-corrected chi connectivity index (χ3v) is 3.21. The van der Waals surface area contributed by atoms with Crippen molar-refractivity contribution in [3.8, 4) is 11.5 Å². The minimum absolute atomic E-state index is 0.559. The Morgan fingerprint density at radius 3 is 2.29 bits per heavy atom. The van der Waals surface area contributed by atoms with Crippen molar-refractivity contribution in [3.63, 3.8) is 0 Å². The normalized spacial score (nSPS) is 11.2. The van der Waals surface area contributed by atoms with E-state index < -0.39 is 0 Å². The summed E-state index contributed by atoms with van der Waals surface area (Å²) in [5.41, 5.74) is 0.937. The van der Waals surface area contributed by atoms with Gasteiger partial charge in [-0.05, 0) is 12.1 Å². The van der Waals surface area contributed by atoms with Crippen molar-refractivity contribution in [1.29, 1.82) is 0 Å². The molecule has 2 aromatic rings. The van der Waals surface area contributed by atoms with Crippen molar-refractivity contribution < 1.29 is 18.8 Å². The van der Waals surface area contributed by atoms with Crippen LogP contribution < -0.4 is 4.90 Å². The van der Waals surface area contributed by atoms with E-state index in [4.69, 9.17) is 13.9 Å². The molecule has 2 rings (SSSR count). The van der Waals surface area contributed by atoms with Crippen LogP contribution >= 0.6 is 0 Å². The summed E-state index contributed by atoms with van der Waals surface area (Å²) in [6.45, 7) is 3.82. The van der Waals surface area contributed by atoms with E-state index in [1.54, 1.807) is 14.2 Å². The SMILES string of the molecule is COCC[NH+](CCOC)Cc1nnc(-c2ccccc2)o1. The number of hydrogen-bond donors (Lipinski definition) is 1. The molecule has 1 aromatic carbocycles. The molecule has 0 atom stereocenters. The summed E-state index contributed by atoms with van der Waals surface area (Å²) in [5.74, 6) is 1.19. The first kappa shape index (κ1) is 15.6. The Morgan fingerprint density at radius 2 is 1.67 bits per heavy atom. The summed E-state index contributed by atoms with van der Waals surface area (Å²) in [6.07, 6.45) is 0. The van der Waals surface area contributed by atoms with Crippen LogP contribution in [0.5, 0.6) is 0 Å². The summed E-state index contributed by atoms with van der Waals surface area (Å²) in [6, 6.07) is 9.78. The van der Waals surface area contributed by atoms with Crippen molar-refractivity contribution in [2.75, 3.05) is 40.5 Å². The van der Waals surface area contributed by atoms with Crippen LogP contribution in [0, 0.1) is 0 Å². The highest BCUT2D eigenvalue weighted by atomic mass is 16.5. The fraction of sp³-hybridized carbons (Fsp3) is 0.467. The molecule has 0 unspecified atom stereocenters. The first-order chi connectivity index (χ1) is 10.3. The van der Waals surface area contributed by atoms with E-state index in [2.05, 4.69) is 10.2 Å². The van der Waals surface area contributed by atoms with E-state index in [1.165, 1.54) is 4.90 Å². The number of hydrogen-bond acceptors (Lipinski definition) is 5. The van der Waals surface area contributed by atoms with Gasteiger partial charge in [-0.15, -0.1) is 10.2 Å².